The van der Waals surface area contributed by atoms with Crippen molar-refractivity contribution in [2.75, 3.05) is 18.5 Å². The SMILES string of the molecule is O=C(COC(=O)CN1C(=O)C2C3C=CC(C3)C2C1=O)Nc1cc(Cl)ccc1-n1cncn1. The molecule has 0 spiro atoms. The zero-order valence-electron chi connectivity index (χ0n) is 16.7. The summed E-state index contributed by atoms with van der Waals surface area (Å²) in [5.74, 6) is -2.76. The maximum atomic E-state index is 12.6. The molecule has 1 saturated heterocycles. The highest BCUT2D eigenvalue weighted by atomic mass is 35.5. The molecule has 5 rings (SSSR count). The Bertz CT molecular complexity index is 1120. The lowest BCUT2D eigenvalue weighted by Gasteiger charge is -2.16. The second-order valence-corrected chi connectivity index (χ2v) is 8.41. The van der Waals surface area contributed by atoms with E-state index in [2.05, 4.69) is 15.4 Å². The molecular formula is C21H18ClN5O5. The summed E-state index contributed by atoms with van der Waals surface area (Å²) < 4.78 is 6.45. The molecule has 32 heavy (non-hydrogen) atoms. The molecule has 0 radical (unpaired) electrons. The molecule has 1 saturated carbocycles. The van der Waals surface area contributed by atoms with Crippen LogP contribution in [-0.4, -0.2) is 56.5 Å². The van der Waals surface area contributed by atoms with E-state index in [1.807, 2.05) is 12.2 Å². The van der Waals surface area contributed by atoms with Gasteiger partial charge in [0.05, 0.1) is 23.2 Å². The number of halogens is 1. The van der Waals surface area contributed by atoms with E-state index in [9.17, 15) is 19.2 Å². The summed E-state index contributed by atoms with van der Waals surface area (Å²) in [6, 6.07) is 4.82. The smallest absolute Gasteiger partial charge is 0.326 e. The van der Waals surface area contributed by atoms with E-state index in [1.54, 1.807) is 12.1 Å². The number of allylic oxidation sites excluding steroid dienone is 2. The summed E-state index contributed by atoms with van der Waals surface area (Å²) in [4.78, 5) is 54.7. The quantitative estimate of drug-likeness (QED) is 0.394. The average Bonchev–Trinajstić information content (AvgIpc) is 3.55. The van der Waals surface area contributed by atoms with Crippen molar-refractivity contribution in [3.05, 3.63) is 48.0 Å². The van der Waals surface area contributed by atoms with Crippen molar-refractivity contribution in [3.8, 4) is 5.69 Å². The number of benzene rings is 1. The van der Waals surface area contributed by atoms with Crippen molar-refractivity contribution in [1.82, 2.24) is 19.7 Å². The number of likely N-dealkylation sites (tertiary alicyclic amines) is 1. The molecule has 4 unspecified atom stereocenters. The number of esters is 1. The third-order valence-electron chi connectivity index (χ3n) is 6.11. The van der Waals surface area contributed by atoms with Crippen LogP contribution in [0.2, 0.25) is 5.02 Å². The first-order valence-electron chi connectivity index (χ1n) is 10.1. The zero-order chi connectivity index (χ0) is 22.4. The van der Waals surface area contributed by atoms with Crippen LogP contribution >= 0.6 is 11.6 Å². The van der Waals surface area contributed by atoms with Crippen molar-refractivity contribution >= 4 is 41.0 Å². The Labute approximate surface area is 187 Å². The molecule has 10 nitrogen and oxygen atoms in total. The van der Waals surface area contributed by atoms with E-state index in [1.165, 1.54) is 23.4 Å². The van der Waals surface area contributed by atoms with Crippen LogP contribution in [0.3, 0.4) is 0 Å². The predicted octanol–water partition coefficient (Wildman–Crippen LogP) is 1.21. The number of anilines is 1. The van der Waals surface area contributed by atoms with Gasteiger partial charge in [0.1, 0.15) is 19.2 Å². The topological polar surface area (TPSA) is 123 Å². The van der Waals surface area contributed by atoms with Crippen molar-refractivity contribution < 1.29 is 23.9 Å². The maximum absolute atomic E-state index is 12.6. The van der Waals surface area contributed by atoms with Gasteiger partial charge < -0.3 is 10.1 Å². The molecule has 3 aliphatic rings. The molecule has 4 atom stereocenters. The minimum atomic E-state index is -0.829. The second kappa shape index (κ2) is 7.86. The normalized spacial score (nSPS) is 25.3. The van der Waals surface area contributed by atoms with Crippen LogP contribution in [0, 0.1) is 23.7 Å². The Morgan fingerprint density at radius 1 is 1.16 bits per heavy atom. The molecule has 3 amide bonds. The van der Waals surface area contributed by atoms with Crippen LogP contribution < -0.4 is 5.32 Å². The fourth-order valence-electron chi connectivity index (χ4n) is 4.77. The van der Waals surface area contributed by atoms with Crippen molar-refractivity contribution in [1.29, 1.82) is 0 Å². The number of fused-ring (bicyclic) bond motifs is 5. The molecule has 1 aliphatic heterocycles. The lowest BCUT2D eigenvalue weighted by molar-refractivity contribution is -0.154. The highest BCUT2D eigenvalue weighted by Gasteiger charge is 2.59. The summed E-state index contributed by atoms with van der Waals surface area (Å²) >= 11 is 6.02. The van der Waals surface area contributed by atoms with E-state index in [0.717, 1.165) is 11.3 Å². The van der Waals surface area contributed by atoms with E-state index in [4.69, 9.17) is 16.3 Å². The minimum Gasteiger partial charge on any atom is -0.454 e. The first-order chi connectivity index (χ1) is 15.4. The Hall–Kier alpha value is -3.53. The lowest BCUT2D eigenvalue weighted by Crippen LogP contribution is -2.38. The van der Waals surface area contributed by atoms with E-state index < -0.39 is 25.0 Å². The first kappa shape index (κ1) is 20.4. The first-order valence-corrected chi connectivity index (χ1v) is 10.4. The Morgan fingerprint density at radius 3 is 2.53 bits per heavy atom. The van der Waals surface area contributed by atoms with Crippen molar-refractivity contribution in [2.24, 2.45) is 23.7 Å². The van der Waals surface area contributed by atoms with Crippen LogP contribution in [0.15, 0.2) is 43.0 Å². The number of aromatic nitrogens is 3. The van der Waals surface area contributed by atoms with Gasteiger partial charge in [-0.2, -0.15) is 5.10 Å². The number of nitrogens with zero attached hydrogens (tertiary/aromatic N) is 4. The van der Waals surface area contributed by atoms with Gasteiger partial charge in [0.15, 0.2) is 6.61 Å². The van der Waals surface area contributed by atoms with Crippen LogP contribution in [0.25, 0.3) is 5.69 Å². The number of nitrogens with one attached hydrogen (secondary N) is 1. The fourth-order valence-corrected chi connectivity index (χ4v) is 4.94. The summed E-state index contributed by atoms with van der Waals surface area (Å²) in [7, 11) is 0. The van der Waals surface area contributed by atoms with Crippen molar-refractivity contribution in [3.63, 3.8) is 0 Å². The van der Waals surface area contributed by atoms with Crippen LogP contribution in [0.1, 0.15) is 6.42 Å². The van der Waals surface area contributed by atoms with Crippen LogP contribution in [0.4, 0.5) is 5.69 Å². The van der Waals surface area contributed by atoms with Gasteiger partial charge in [-0.3, -0.25) is 24.1 Å². The van der Waals surface area contributed by atoms with Gasteiger partial charge in [-0.15, -0.1) is 0 Å². The lowest BCUT2D eigenvalue weighted by atomic mass is 9.85. The second-order valence-electron chi connectivity index (χ2n) is 7.97. The van der Waals surface area contributed by atoms with Gasteiger partial charge in [-0.1, -0.05) is 23.8 Å². The number of rotatable bonds is 6. The molecule has 2 bridgehead atoms. The molecular weight excluding hydrogens is 438 g/mol. The third kappa shape index (κ3) is 3.46. The number of ether oxygens (including phenoxy) is 1. The fraction of sp³-hybridized carbons (Fsp3) is 0.333. The summed E-state index contributed by atoms with van der Waals surface area (Å²) in [6.45, 7) is -1.09. The molecule has 164 valence electrons. The Kier molecular flexibility index (Phi) is 5.01. The minimum absolute atomic E-state index is 0.0603. The van der Waals surface area contributed by atoms with E-state index in [-0.39, 0.29) is 35.5 Å². The standard InChI is InChI=1S/C21H18ClN5O5/c22-13-3-4-15(27-10-23-9-24-27)14(6-13)25-16(28)8-32-17(29)7-26-20(30)18-11-1-2-12(5-11)19(18)21(26)31/h1-4,6,9-12,18-19H,5,7-8H2,(H,25,28). The number of carbonyl (C=O) groups excluding carboxylic acids is 4. The molecule has 2 aliphatic carbocycles. The Morgan fingerprint density at radius 2 is 1.88 bits per heavy atom. The largest absolute Gasteiger partial charge is 0.454 e. The van der Waals surface area contributed by atoms with Gasteiger partial charge in [0.2, 0.25) is 11.8 Å². The highest BCUT2D eigenvalue weighted by Crippen LogP contribution is 2.52. The maximum Gasteiger partial charge on any atom is 0.326 e. The molecule has 2 heterocycles. The van der Waals surface area contributed by atoms with Gasteiger partial charge >= 0.3 is 5.97 Å². The summed E-state index contributed by atoms with van der Waals surface area (Å²) in [6.07, 6.45) is 7.57. The summed E-state index contributed by atoms with van der Waals surface area (Å²) in [5, 5.41) is 7.02. The van der Waals surface area contributed by atoms with Crippen LogP contribution in [0.5, 0.6) is 0 Å². The highest BCUT2D eigenvalue weighted by molar-refractivity contribution is 6.31. The summed E-state index contributed by atoms with van der Waals surface area (Å²) in [5.41, 5.74) is 0.874. The van der Waals surface area contributed by atoms with Gasteiger partial charge in [-0.25, -0.2) is 9.67 Å². The predicted molar refractivity (Wildman–Crippen MR) is 110 cm³/mol. The molecule has 1 aromatic carbocycles. The number of imide groups is 1. The number of hydrogen-bond acceptors (Lipinski definition) is 7. The molecule has 11 heteroatoms. The van der Waals surface area contributed by atoms with E-state index >= 15 is 0 Å². The number of amides is 3. The number of hydrogen-bond donors (Lipinski definition) is 1. The average molecular weight is 456 g/mol. The molecule has 1 aromatic heterocycles. The van der Waals surface area contributed by atoms with Gasteiger partial charge in [0.25, 0.3) is 5.91 Å². The zero-order valence-corrected chi connectivity index (χ0v) is 17.4. The monoisotopic (exact) mass is 455 g/mol. The Balaban J connectivity index is 1.18. The molecule has 1 N–H and O–H groups in total. The van der Waals surface area contributed by atoms with Gasteiger partial charge in [0, 0.05) is 5.02 Å². The molecule has 2 fully saturated rings. The van der Waals surface area contributed by atoms with Crippen molar-refractivity contribution in [2.45, 2.75) is 6.42 Å². The van der Waals surface area contributed by atoms with Gasteiger partial charge in [-0.05, 0) is 36.5 Å². The number of carbonyl (C=O) groups is 4. The molecule has 2 aromatic rings. The third-order valence-corrected chi connectivity index (χ3v) is 6.35. The van der Waals surface area contributed by atoms with E-state index in [0.29, 0.717) is 16.4 Å². The van der Waals surface area contributed by atoms with Crippen LogP contribution in [-0.2, 0) is 23.9 Å².